The first-order valence-corrected chi connectivity index (χ1v) is 12.7. The van der Waals surface area contributed by atoms with E-state index in [1.807, 2.05) is 26.0 Å². The molecule has 0 unspecified atom stereocenters. The quantitative estimate of drug-likeness (QED) is 0.639. The number of hydrogen-bond acceptors (Lipinski definition) is 4. The lowest BCUT2D eigenvalue weighted by Crippen LogP contribution is -2.51. The van der Waals surface area contributed by atoms with Crippen LogP contribution in [-0.2, 0) is 15.4 Å². The number of sulfonamides is 1. The highest BCUT2D eigenvalue weighted by molar-refractivity contribution is 7.89. The lowest BCUT2D eigenvalue weighted by molar-refractivity contribution is 0.0932. The fraction of sp³-hybridized carbons (Fsp3) is 0.455. The number of amides is 1. The summed E-state index contributed by atoms with van der Waals surface area (Å²) in [6.45, 7) is 4.99. The molecular formula is C22H27Cl2N3O3S. The fourth-order valence-corrected chi connectivity index (χ4v) is 5.95. The molecule has 1 aliphatic rings. The van der Waals surface area contributed by atoms with Gasteiger partial charge in [-0.1, -0.05) is 30.1 Å². The molecule has 6 nitrogen and oxygen atoms in total. The van der Waals surface area contributed by atoms with E-state index >= 15 is 0 Å². The van der Waals surface area contributed by atoms with Crippen LogP contribution in [0.15, 0.2) is 36.5 Å². The first kappa shape index (κ1) is 24.0. The second-order valence-electron chi connectivity index (χ2n) is 8.02. The van der Waals surface area contributed by atoms with Crippen LogP contribution in [0.25, 0.3) is 0 Å². The Morgan fingerprint density at radius 3 is 2.52 bits per heavy atom. The van der Waals surface area contributed by atoms with E-state index in [0.29, 0.717) is 49.5 Å². The Bertz CT molecular complexity index is 1050. The van der Waals surface area contributed by atoms with Crippen LogP contribution in [-0.4, -0.2) is 49.0 Å². The summed E-state index contributed by atoms with van der Waals surface area (Å²) in [5, 5.41) is 3.74. The Balaban J connectivity index is 1.82. The number of carbonyl (C=O) groups excluding carboxylic acids is 1. The molecule has 31 heavy (non-hydrogen) atoms. The summed E-state index contributed by atoms with van der Waals surface area (Å²) in [5.74, 6) is -0.149. The molecule has 1 N–H and O–H groups in total. The molecule has 0 radical (unpaired) electrons. The molecule has 0 spiro atoms. The number of pyridine rings is 1. The molecule has 1 aromatic carbocycles. The van der Waals surface area contributed by atoms with Gasteiger partial charge in [0.15, 0.2) is 0 Å². The number of carbonyl (C=O) groups is 1. The van der Waals surface area contributed by atoms with Crippen LogP contribution in [0.3, 0.4) is 0 Å². The van der Waals surface area contributed by atoms with Crippen molar-refractivity contribution in [3.8, 4) is 0 Å². The Morgan fingerprint density at radius 2 is 1.90 bits per heavy atom. The summed E-state index contributed by atoms with van der Waals surface area (Å²) in [5.41, 5.74) is 1.82. The molecule has 2 aromatic rings. The number of piperidine rings is 1. The SMILES string of the molecule is CCCS(=O)(=O)N1CCC(CNC(=O)c2ccc(Cl)cc2Cl)(c2cc(C)ccn2)CC1. The molecule has 3 rings (SSSR count). The zero-order chi connectivity index (χ0) is 22.6. The maximum atomic E-state index is 12.8. The maximum Gasteiger partial charge on any atom is 0.252 e. The van der Waals surface area contributed by atoms with E-state index in [1.54, 1.807) is 22.6 Å². The number of rotatable bonds is 7. The molecule has 1 amide bonds. The molecule has 1 saturated heterocycles. The van der Waals surface area contributed by atoms with Gasteiger partial charge >= 0.3 is 0 Å². The lowest BCUT2D eigenvalue weighted by Gasteiger charge is -2.41. The summed E-state index contributed by atoms with van der Waals surface area (Å²) in [6.07, 6.45) is 3.48. The van der Waals surface area contributed by atoms with E-state index in [2.05, 4.69) is 10.3 Å². The number of aromatic nitrogens is 1. The molecule has 1 aromatic heterocycles. The van der Waals surface area contributed by atoms with Crippen molar-refractivity contribution in [3.63, 3.8) is 0 Å². The van der Waals surface area contributed by atoms with Crippen LogP contribution >= 0.6 is 23.2 Å². The molecule has 2 heterocycles. The third-order valence-corrected chi connectivity index (χ3v) is 8.38. The van der Waals surface area contributed by atoms with Crippen molar-refractivity contribution >= 4 is 39.1 Å². The molecule has 0 bridgehead atoms. The van der Waals surface area contributed by atoms with E-state index in [9.17, 15) is 13.2 Å². The molecule has 1 fully saturated rings. The van der Waals surface area contributed by atoms with Gasteiger partial charge in [-0.3, -0.25) is 9.78 Å². The number of nitrogens with one attached hydrogen (secondary N) is 1. The number of aryl methyl sites for hydroxylation is 1. The monoisotopic (exact) mass is 483 g/mol. The van der Waals surface area contributed by atoms with E-state index in [1.165, 1.54) is 6.07 Å². The standard InChI is InChI=1S/C22H27Cl2N3O3S/c1-3-12-31(29,30)27-10-7-22(8-11-27,20-13-16(2)6-9-25-20)15-26-21(28)18-5-4-17(23)14-19(18)24/h4-6,9,13-14H,3,7-8,10-12,15H2,1-2H3,(H,26,28). The zero-order valence-corrected chi connectivity index (χ0v) is 20.0. The van der Waals surface area contributed by atoms with E-state index in [-0.39, 0.29) is 16.7 Å². The average molecular weight is 484 g/mol. The van der Waals surface area contributed by atoms with Crippen molar-refractivity contribution in [2.24, 2.45) is 0 Å². The van der Waals surface area contributed by atoms with Crippen LogP contribution in [0.1, 0.15) is 47.8 Å². The van der Waals surface area contributed by atoms with Gasteiger partial charge in [-0.15, -0.1) is 0 Å². The highest BCUT2D eigenvalue weighted by atomic mass is 35.5. The molecule has 1 aliphatic heterocycles. The van der Waals surface area contributed by atoms with E-state index in [4.69, 9.17) is 23.2 Å². The minimum absolute atomic E-state index is 0.147. The lowest BCUT2D eigenvalue weighted by atomic mass is 9.75. The van der Waals surface area contributed by atoms with E-state index < -0.39 is 15.4 Å². The fourth-order valence-electron chi connectivity index (χ4n) is 3.95. The second kappa shape index (κ2) is 9.86. The smallest absolute Gasteiger partial charge is 0.252 e. The summed E-state index contributed by atoms with van der Waals surface area (Å²) in [6, 6.07) is 8.68. The number of hydrogen-bond donors (Lipinski definition) is 1. The number of benzene rings is 1. The zero-order valence-electron chi connectivity index (χ0n) is 17.7. The van der Waals surface area contributed by atoms with Gasteiger partial charge in [0, 0.05) is 42.0 Å². The van der Waals surface area contributed by atoms with Crippen molar-refractivity contribution in [3.05, 3.63) is 63.4 Å². The van der Waals surface area contributed by atoms with Crippen molar-refractivity contribution in [1.29, 1.82) is 0 Å². The largest absolute Gasteiger partial charge is 0.351 e. The maximum absolute atomic E-state index is 12.8. The van der Waals surface area contributed by atoms with Crippen LogP contribution in [0, 0.1) is 6.92 Å². The molecule has 0 aliphatic carbocycles. The molecule has 0 atom stereocenters. The molecular weight excluding hydrogens is 457 g/mol. The van der Waals surface area contributed by atoms with Gasteiger partial charge in [-0.25, -0.2) is 12.7 Å². The molecule has 9 heteroatoms. The predicted molar refractivity (Wildman–Crippen MR) is 124 cm³/mol. The Hall–Kier alpha value is -1.67. The number of nitrogens with zero attached hydrogens (tertiary/aromatic N) is 2. The second-order valence-corrected chi connectivity index (χ2v) is 11.0. The Morgan fingerprint density at radius 1 is 1.19 bits per heavy atom. The minimum Gasteiger partial charge on any atom is -0.351 e. The Kier molecular flexibility index (Phi) is 7.63. The van der Waals surface area contributed by atoms with Crippen LogP contribution in [0.2, 0.25) is 10.0 Å². The van der Waals surface area contributed by atoms with Gasteiger partial charge in [0.05, 0.1) is 16.3 Å². The van der Waals surface area contributed by atoms with Gasteiger partial charge in [0.1, 0.15) is 0 Å². The van der Waals surface area contributed by atoms with Gasteiger partial charge in [-0.05, 0) is 62.1 Å². The van der Waals surface area contributed by atoms with Crippen molar-refractivity contribution in [2.45, 2.75) is 38.5 Å². The normalized spacial score (nSPS) is 16.8. The summed E-state index contributed by atoms with van der Waals surface area (Å²) in [7, 11) is -3.26. The van der Waals surface area contributed by atoms with Crippen molar-refractivity contribution < 1.29 is 13.2 Å². The highest BCUT2D eigenvalue weighted by Crippen LogP contribution is 2.35. The summed E-state index contributed by atoms with van der Waals surface area (Å²) < 4.78 is 26.6. The minimum atomic E-state index is -3.26. The van der Waals surface area contributed by atoms with Crippen molar-refractivity contribution in [1.82, 2.24) is 14.6 Å². The first-order chi connectivity index (χ1) is 14.7. The average Bonchev–Trinajstić information content (AvgIpc) is 2.72. The third kappa shape index (κ3) is 5.58. The van der Waals surface area contributed by atoms with Crippen LogP contribution < -0.4 is 5.32 Å². The van der Waals surface area contributed by atoms with Crippen molar-refractivity contribution in [2.75, 3.05) is 25.4 Å². The molecule has 0 saturated carbocycles. The van der Waals surface area contributed by atoms with E-state index in [0.717, 1.165) is 11.3 Å². The van der Waals surface area contributed by atoms with Crippen LogP contribution in [0.5, 0.6) is 0 Å². The highest BCUT2D eigenvalue weighted by Gasteiger charge is 2.40. The predicted octanol–water partition coefficient (Wildman–Crippen LogP) is 4.20. The van der Waals surface area contributed by atoms with Gasteiger partial charge in [0.2, 0.25) is 10.0 Å². The first-order valence-electron chi connectivity index (χ1n) is 10.3. The Labute approximate surface area is 194 Å². The summed E-state index contributed by atoms with van der Waals surface area (Å²) in [4.78, 5) is 17.4. The molecule has 168 valence electrons. The van der Waals surface area contributed by atoms with Crippen LogP contribution in [0.4, 0.5) is 0 Å². The van der Waals surface area contributed by atoms with Gasteiger partial charge in [-0.2, -0.15) is 0 Å². The third-order valence-electron chi connectivity index (χ3n) is 5.76. The summed E-state index contributed by atoms with van der Waals surface area (Å²) >= 11 is 12.1. The van der Waals surface area contributed by atoms with Gasteiger partial charge < -0.3 is 5.32 Å². The number of halogens is 2. The topological polar surface area (TPSA) is 79.4 Å². The van der Waals surface area contributed by atoms with Gasteiger partial charge in [0.25, 0.3) is 5.91 Å².